The van der Waals surface area contributed by atoms with Crippen molar-refractivity contribution in [3.05, 3.63) is 58.7 Å². The predicted molar refractivity (Wildman–Crippen MR) is 93.0 cm³/mol. The first-order valence-corrected chi connectivity index (χ1v) is 9.39. The lowest BCUT2D eigenvalue weighted by Crippen LogP contribution is -2.13. The van der Waals surface area contributed by atoms with Gasteiger partial charge in [0.25, 0.3) is 6.43 Å². The number of hydrogen-bond donors (Lipinski definition) is 2. The molecule has 0 fully saturated rings. The highest BCUT2D eigenvalue weighted by Gasteiger charge is 2.30. The van der Waals surface area contributed by atoms with E-state index in [1.807, 2.05) is 0 Å². The molecular weight excluding hydrogens is 362 g/mol. The zero-order valence-corrected chi connectivity index (χ0v) is 14.2. The molecule has 0 bridgehead atoms. The van der Waals surface area contributed by atoms with Gasteiger partial charge in [0.2, 0.25) is 15.9 Å². The predicted octanol–water partition coefficient (Wildman–Crippen LogP) is 3.08. The Balaban J connectivity index is 1.93. The Morgan fingerprint density at radius 3 is 2.42 bits per heavy atom. The van der Waals surface area contributed by atoms with E-state index < -0.39 is 16.4 Å². The van der Waals surface area contributed by atoms with Crippen LogP contribution in [0.25, 0.3) is 11.1 Å². The summed E-state index contributed by atoms with van der Waals surface area (Å²) in [6.45, 7) is 0. The maximum absolute atomic E-state index is 13.1. The summed E-state index contributed by atoms with van der Waals surface area (Å²) in [6, 6.07) is 8.66. The third kappa shape index (κ3) is 2.71. The molecule has 1 aliphatic carbocycles. The number of hydrogen-bond acceptors (Lipinski definition) is 3. The largest absolute Gasteiger partial charge is 0.325 e. The molecule has 0 saturated heterocycles. The molecule has 0 saturated carbocycles. The molecule has 8 heteroatoms. The van der Waals surface area contributed by atoms with Crippen LogP contribution in [-0.4, -0.2) is 14.3 Å². The van der Waals surface area contributed by atoms with E-state index in [0.717, 1.165) is 11.1 Å². The van der Waals surface area contributed by atoms with Crippen molar-refractivity contribution in [2.24, 2.45) is 5.14 Å². The first-order chi connectivity index (χ1) is 12.2. The Hall–Kier alpha value is -2.58. The van der Waals surface area contributed by atoms with Crippen molar-refractivity contribution in [3.8, 4) is 0 Å². The summed E-state index contributed by atoms with van der Waals surface area (Å²) >= 11 is 0. The SMILES string of the molecule is NS(=O)(=O)c1ccc2c(c1)C1=C(C2)c2cc(C(F)F)ccc2NC(=O)C1. The van der Waals surface area contributed by atoms with Crippen LogP contribution in [0, 0.1) is 0 Å². The second-order valence-electron chi connectivity index (χ2n) is 6.33. The van der Waals surface area contributed by atoms with Crippen molar-refractivity contribution < 1.29 is 22.0 Å². The molecule has 2 aromatic rings. The Bertz CT molecular complexity index is 1090. The van der Waals surface area contributed by atoms with Crippen LogP contribution >= 0.6 is 0 Å². The van der Waals surface area contributed by atoms with Crippen LogP contribution in [0.4, 0.5) is 14.5 Å². The fourth-order valence-electron chi connectivity index (χ4n) is 3.50. The molecule has 1 aliphatic heterocycles. The van der Waals surface area contributed by atoms with Gasteiger partial charge in [-0.3, -0.25) is 4.79 Å². The number of primary sulfonamides is 1. The molecule has 2 aromatic carbocycles. The van der Waals surface area contributed by atoms with Gasteiger partial charge < -0.3 is 5.32 Å². The average molecular weight is 376 g/mol. The monoisotopic (exact) mass is 376 g/mol. The number of carbonyl (C=O) groups is 1. The maximum Gasteiger partial charge on any atom is 0.263 e. The number of nitrogens with one attached hydrogen (secondary N) is 1. The van der Waals surface area contributed by atoms with Crippen molar-refractivity contribution in [1.29, 1.82) is 0 Å². The van der Waals surface area contributed by atoms with E-state index in [-0.39, 0.29) is 22.8 Å². The van der Waals surface area contributed by atoms with Crippen LogP contribution in [0.1, 0.15) is 35.1 Å². The topological polar surface area (TPSA) is 89.3 Å². The molecule has 4 rings (SSSR count). The summed E-state index contributed by atoms with van der Waals surface area (Å²) in [5, 5.41) is 7.92. The van der Waals surface area contributed by atoms with E-state index in [2.05, 4.69) is 5.32 Å². The molecule has 2 aliphatic rings. The van der Waals surface area contributed by atoms with Gasteiger partial charge in [-0.1, -0.05) is 12.1 Å². The van der Waals surface area contributed by atoms with Crippen LogP contribution in [0.5, 0.6) is 0 Å². The third-order valence-electron chi connectivity index (χ3n) is 4.70. The summed E-state index contributed by atoms with van der Waals surface area (Å²) in [7, 11) is -3.89. The van der Waals surface area contributed by atoms with Crippen molar-refractivity contribution in [1.82, 2.24) is 0 Å². The van der Waals surface area contributed by atoms with Gasteiger partial charge in [-0.2, -0.15) is 0 Å². The van der Waals surface area contributed by atoms with E-state index in [4.69, 9.17) is 5.14 Å². The average Bonchev–Trinajstić information content (AvgIpc) is 2.85. The Morgan fingerprint density at radius 1 is 1.00 bits per heavy atom. The molecule has 0 spiro atoms. The minimum Gasteiger partial charge on any atom is -0.325 e. The van der Waals surface area contributed by atoms with Crippen molar-refractivity contribution in [3.63, 3.8) is 0 Å². The molecule has 0 radical (unpaired) electrons. The first kappa shape index (κ1) is 16.9. The second-order valence-corrected chi connectivity index (χ2v) is 7.89. The highest BCUT2D eigenvalue weighted by molar-refractivity contribution is 7.89. The van der Waals surface area contributed by atoms with Crippen LogP contribution in [0.2, 0.25) is 0 Å². The highest BCUT2D eigenvalue weighted by atomic mass is 32.2. The molecule has 0 unspecified atom stereocenters. The number of rotatable bonds is 2. The van der Waals surface area contributed by atoms with E-state index in [0.29, 0.717) is 28.8 Å². The van der Waals surface area contributed by atoms with Crippen molar-refractivity contribution in [2.75, 3.05) is 5.32 Å². The van der Waals surface area contributed by atoms with Crippen molar-refractivity contribution in [2.45, 2.75) is 24.2 Å². The number of nitrogens with two attached hydrogens (primary N) is 1. The summed E-state index contributed by atoms with van der Waals surface area (Å²) in [6.07, 6.45) is -2.15. The number of allylic oxidation sites excluding steroid dienone is 1. The van der Waals surface area contributed by atoms with Gasteiger partial charge in [-0.15, -0.1) is 0 Å². The van der Waals surface area contributed by atoms with Crippen LogP contribution in [0.3, 0.4) is 0 Å². The number of anilines is 1. The van der Waals surface area contributed by atoms with Gasteiger partial charge in [0.15, 0.2) is 0 Å². The first-order valence-electron chi connectivity index (χ1n) is 7.84. The summed E-state index contributed by atoms with van der Waals surface area (Å²) in [5.74, 6) is -0.282. The van der Waals surface area contributed by atoms with Gasteiger partial charge in [0, 0.05) is 16.8 Å². The van der Waals surface area contributed by atoms with Crippen LogP contribution in [0.15, 0.2) is 41.3 Å². The number of fused-ring (bicyclic) bond motifs is 4. The smallest absolute Gasteiger partial charge is 0.263 e. The number of halogens is 2. The molecule has 26 heavy (non-hydrogen) atoms. The molecule has 1 amide bonds. The number of alkyl halides is 2. The number of amides is 1. The molecular formula is C18H14F2N2O3S. The number of sulfonamides is 1. The summed E-state index contributed by atoms with van der Waals surface area (Å²) in [4.78, 5) is 12.2. The third-order valence-corrected chi connectivity index (χ3v) is 5.61. The van der Waals surface area contributed by atoms with E-state index in [9.17, 15) is 22.0 Å². The Labute approximate surface area is 148 Å². The van der Waals surface area contributed by atoms with E-state index >= 15 is 0 Å². The van der Waals surface area contributed by atoms with Gasteiger partial charge in [0.1, 0.15) is 0 Å². The van der Waals surface area contributed by atoms with Gasteiger partial charge in [-0.05, 0) is 53.0 Å². The van der Waals surface area contributed by atoms with Crippen molar-refractivity contribution >= 4 is 32.8 Å². The molecule has 134 valence electrons. The summed E-state index contributed by atoms with van der Waals surface area (Å²) < 4.78 is 49.5. The molecule has 5 nitrogen and oxygen atoms in total. The highest BCUT2D eigenvalue weighted by Crippen LogP contribution is 2.45. The van der Waals surface area contributed by atoms with Gasteiger partial charge >= 0.3 is 0 Å². The van der Waals surface area contributed by atoms with Crippen LogP contribution in [-0.2, 0) is 21.2 Å². The minimum absolute atomic E-state index is 0.0368. The standard InChI is InChI=1S/C18H14F2N2O3S/c19-18(20)10-2-4-16-15(6-10)13-5-9-1-3-11(26(21,24)25)7-12(9)14(13)8-17(23)22-16/h1-4,6-7,18H,5,8H2,(H,22,23)(H2,21,24,25). The molecule has 1 heterocycles. The lowest BCUT2D eigenvalue weighted by molar-refractivity contribution is -0.115. The number of carbonyl (C=O) groups excluding carboxylic acids is 1. The maximum atomic E-state index is 13.1. The number of benzene rings is 2. The molecule has 3 N–H and O–H groups in total. The lowest BCUT2D eigenvalue weighted by Gasteiger charge is -2.12. The normalized spacial score (nSPS) is 16.1. The van der Waals surface area contributed by atoms with Gasteiger partial charge in [-0.25, -0.2) is 22.3 Å². The van der Waals surface area contributed by atoms with E-state index in [1.54, 1.807) is 6.07 Å². The summed E-state index contributed by atoms with van der Waals surface area (Å²) in [5.41, 5.74) is 3.74. The van der Waals surface area contributed by atoms with Crippen LogP contribution < -0.4 is 10.5 Å². The molecule has 0 atom stereocenters. The van der Waals surface area contributed by atoms with E-state index in [1.165, 1.54) is 30.3 Å². The molecule has 0 aromatic heterocycles. The Morgan fingerprint density at radius 2 is 1.73 bits per heavy atom. The second kappa shape index (κ2) is 5.72. The minimum atomic E-state index is -3.89. The lowest BCUT2D eigenvalue weighted by atomic mass is 9.97. The quantitative estimate of drug-likeness (QED) is 0.844. The zero-order chi connectivity index (χ0) is 18.6. The fourth-order valence-corrected chi connectivity index (χ4v) is 4.04. The Kier molecular flexibility index (Phi) is 3.71. The zero-order valence-electron chi connectivity index (χ0n) is 13.4. The van der Waals surface area contributed by atoms with Gasteiger partial charge in [0.05, 0.1) is 11.3 Å². The fraction of sp³-hybridized carbons (Fsp3) is 0.167.